The lowest BCUT2D eigenvalue weighted by Gasteiger charge is -2.37. The van der Waals surface area contributed by atoms with Gasteiger partial charge < -0.3 is 15.1 Å². The summed E-state index contributed by atoms with van der Waals surface area (Å²) in [6.45, 7) is 2.78. The third-order valence-corrected chi connectivity index (χ3v) is 4.95. The van der Waals surface area contributed by atoms with Crippen molar-refractivity contribution in [2.45, 2.75) is 44.7 Å². The van der Waals surface area contributed by atoms with Gasteiger partial charge in [0, 0.05) is 32.5 Å². The van der Waals surface area contributed by atoms with Crippen LogP contribution in [0.4, 0.5) is 0 Å². The minimum absolute atomic E-state index is 0.000386. The van der Waals surface area contributed by atoms with Crippen molar-refractivity contribution in [3.63, 3.8) is 0 Å². The number of fused-ring (bicyclic) bond motifs is 1. The summed E-state index contributed by atoms with van der Waals surface area (Å²) < 4.78 is 0. The van der Waals surface area contributed by atoms with Crippen LogP contribution in [0, 0.1) is 0 Å². The first-order valence-corrected chi connectivity index (χ1v) is 8.91. The number of benzene rings is 1. The van der Waals surface area contributed by atoms with Crippen LogP contribution in [0.5, 0.6) is 0 Å². The van der Waals surface area contributed by atoms with Gasteiger partial charge in [-0.15, -0.1) is 0 Å². The highest BCUT2D eigenvalue weighted by Gasteiger charge is 2.41. The number of amides is 3. The van der Waals surface area contributed by atoms with E-state index in [0.717, 1.165) is 19.3 Å². The lowest BCUT2D eigenvalue weighted by molar-refractivity contribution is -0.147. The molecule has 3 amide bonds. The van der Waals surface area contributed by atoms with Crippen molar-refractivity contribution >= 4 is 17.7 Å². The highest BCUT2D eigenvalue weighted by molar-refractivity contribution is 5.86. The van der Waals surface area contributed by atoms with E-state index in [9.17, 15) is 14.4 Å². The Morgan fingerprint density at radius 3 is 2.68 bits per heavy atom. The predicted octanol–water partition coefficient (Wildman–Crippen LogP) is 0.957. The van der Waals surface area contributed by atoms with E-state index in [1.807, 2.05) is 23.1 Å². The average molecular weight is 343 g/mol. The van der Waals surface area contributed by atoms with Gasteiger partial charge in [0.05, 0.1) is 12.6 Å². The van der Waals surface area contributed by atoms with Gasteiger partial charge >= 0.3 is 0 Å². The molecular weight excluding hydrogens is 318 g/mol. The molecule has 0 spiro atoms. The first-order chi connectivity index (χ1) is 12.0. The molecule has 6 nitrogen and oxygen atoms in total. The topological polar surface area (TPSA) is 69.7 Å². The molecule has 0 radical (unpaired) electrons. The van der Waals surface area contributed by atoms with Gasteiger partial charge in [0.15, 0.2) is 0 Å². The molecular formula is C19H25N3O3. The van der Waals surface area contributed by atoms with E-state index in [-0.39, 0.29) is 36.3 Å². The Labute approximate surface area is 148 Å². The molecule has 2 aliphatic heterocycles. The van der Waals surface area contributed by atoms with Crippen molar-refractivity contribution in [3.8, 4) is 0 Å². The van der Waals surface area contributed by atoms with Crippen LogP contribution in [-0.4, -0.2) is 59.2 Å². The van der Waals surface area contributed by atoms with Gasteiger partial charge in [0.2, 0.25) is 17.7 Å². The maximum atomic E-state index is 12.5. The number of hydrogen-bond acceptors (Lipinski definition) is 3. The van der Waals surface area contributed by atoms with E-state index >= 15 is 0 Å². The third kappa shape index (κ3) is 4.38. The smallest absolute Gasteiger partial charge is 0.242 e. The number of hydrogen-bond donors (Lipinski definition) is 1. The molecule has 2 aliphatic rings. The minimum atomic E-state index is -0.0776. The van der Waals surface area contributed by atoms with Gasteiger partial charge in [-0.25, -0.2) is 0 Å². The summed E-state index contributed by atoms with van der Waals surface area (Å²) >= 11 is 0. The number of carbonyl (C=O) groups is 3. The quantitative estimate of drug-likeness (QED) is 0.866. The van der Waals surface area contributed by atoms with Crippen LogP contribution in [0.2, 0.25) is 0 Å². The summed E-state index contributed by atoms with van der Waals surface area (Å²) in [6, 6.07) is 10.1. The molecule has 0 aromatic heterocycles. The van der Waals surface area contributed by atoms with Crippen LogP contribution < -0.4 is 5.32 Å². The summed E-state index contributed by atoms with van der Waals surface area (Å²) in [7, 11) is 0. The molecule has 0 aliphatic carbocycles. The van der Waals surface area contributed by atoms with Crippen molar-refractivity contribution in [2.24, 2.45) is 0 Å². The van der Waals surface area contributed by atoms with Gasteiger partial charge in [-0.2, -0.15) is 0 Å². The molecule has 2 heterocycles. The molecule has 1 aromatic rings. The van der Waals surface area contributed by atoms with E-state index in [1.54, 1.807) is 4.90 Å². The lowest BCUT2D eigenvalue weighted by atomic mass is 10.1. The van der Waals surface area contributed by atoms with Gasteiger partial charge in [-0.05, 0) is 24.8 Å². The molecule has 134 valence electrons. The Morgan fingerprint density at radius 1 is 1.20 bits per heavy atom. The van der Waals surface area contributed by atoms with Gasteiger partial charge in [-0.3, -0.25) is 14.4 Å². The molecule has 1 N–H and O–H groups in total. The third-order valence-electron chi connectivity index (χ3n) is 4.95. The average Bonchev–Trinajstić information content (AvgIpc) is 2.98. The zero-order valence-corrected chi connectivity index (χ0v) is 14.6. The molecule has 0 bridgehead atoms. The highest BCUT2D eigenvalue weighted by Crippen LogP contribution is 2.23. The van der Waals surface area contributed by atoms with Crippen LogP contribution in [-0.2, 0) is 20.8 Å². The van der Waals surface area contributed by atoms with E-state index in [1.165, 1.54) is 12.5 Å². The Hall–Kier alpha value is -2.37. The highest BCUT2D eigenvalue weighted by atomic mass is 16.2. The minimum Gasteiger partial charge on any atom is -0.352 e. The second kappa shape index (κ2) is 7.68. The van der Waals surface area contributed by atoms with E-state index in [4.69, 9.17) is 0 Å². The SMILES string of the molecule is CC(=O)NC1CC2CN(C(=O)CCCc3ccccc3)CC(=O)N2C1. The van der Waals surface area contributed by atoms with E-state index in [0.29, 0.717) is 19.5 Å². The zero-order chi connectivity index (χ0) is 17.8. The molecule has 25 heavy (non-hydrogen) atoms. The van der Waals surface area contributed by atoms with Crippen LogP contribution in [0.3, 0.4) is 0 Å². The van der Waals surface area contributed by atoms with Crippen molar-refractivity contribution in [1.82, 2.24) is 15.1 Å². The standard InChI is InChI=1S/C19H25N3O3/c1-14(23)20-16-10-17-12-21(13-19(25)22(17)11-16)18(24)9-5-8-15-6-3-2-4-7-15/h2-4,6-7,16-17H,5,8-13H2,1H3,(H,20,23). The van der Waals surface area contributed by atoms with E-state index in [2.05, 4.69) is 17.4 Å². The second-order valence-corrected chi connectivity index (χ2v) is 6.95. The van der Waals surface area contributed by atoms with Gasteiger partial charge in [0.25, 0.3) is 0 Å². The normalized spacial score (nSPS) is 22.7. The summed E-state index contributed by atoms with van der Waals surface area (Å²) in [6.07, 6.45) is 2.84. The number of aryl methyl sites for hydroxylation is 1. The maximum Gasteiger partial charge on any atom is 0.242 e. The van der Waals surface area contributed by atoms with Crippen LogP contribution in [0.15, 0.2) is 30.3 Å². The van der Waals surface area contributed by atoms with Crippen molar-refractivity contribution < 1.29 is 14.4 Å². The summed E-state index contributed by atoms with van der Waals surface area (Å²) in [4.78, 5) is 39.5. The number of piperazine rings is 1. The molecule has 6 heteroatoms. The second-order valence-electron chi connectivity index (χ2n) is 6.95. The number of rotatable bonds is 5. The van der Waals surface area contributed by atoms with Crippen molar-refractivity contribution in [1.29, 1.82) is 0 Å². The first kappa shape index (κ1) is 17.5. The molecule has 2 fully saturated rings. The fraction of sp³-hybridized carbons (Fsp3) is 0.526. The first-order valence-electron chi connectivity index (χ1n) is 8.91. The van der Waals surface area contributed by atoms with Gasteiger partial charge in [0.1, 0.15) is 0 Å². The summed E-state index contributed by atoms with van der Waals surface area (Å²) in [5.41, 5.74) is 1.23. The summed E-state index contributed by atoms with van der Waals surface area (Å²) in [5.74, 6) is -0.0430. The van der Waals surface area contributed by atoms with Crippen LogP contribution >= 0.6 is 0 Å². The molecule has 2 unspecified atom stereocenters. The molecule has 1 aromatic carbocycles. The fourth-order valence-corrected chi connectivity index (χ4v) is 3.80. The fourth-order valence-electron chi connectivity index (χ4n) is 3.80. The van der Waals surface area contributed by atoms with Crippen LogP contribution in [0.1, 0.15) is 31.7 Å². The molecule has 2 atom stereocenters. The van der Waals surface area contributed by atoms with Gasteiger partial charge in [-0.1, -0.05) is 30.3 Å². The van der Waals surface area contributed by atoms with Crippen molar-refractivity contribution in [3.05, 3.63) is 35.9 Å². The molecule has 2 saturated heterocycles. The maximum absolute atomic E-state index is 12.5. The number of nitrogens with zero attached hydrogens (tertiary/aromatic N) is 2. The summed E-state index contributed by atoms with van der Waals surface area (Å²) in [5, 5.41) is 2.88. The van der Waals surface area contributed by atoms with Crippen molar-refractivity contribution in [2.75, 3.05) is 19.6 Å². The predicted molar refractivity (Wildman–Crippen MR) is 93.7 cm³/mol. The van der Waals surface area contributed by atoms with E-state index < -0.39 is 0 Å². The Morgan fingerprint density at radius 2 is 1.96 bits per heavy atom. The van der Waals surface area contributed by atoms with Crippen LogP contribution in [0.25, 0.3) is 0 Å². The lowest BCUT2D eigenvalue weighted by Crippen LogP contribution is -2.55. The largest absolute Gasteiger partial charge is 0.352 e. The number of nitrogens with one attached hydrogen (secondary N) is 1. The number of carbonyl (C=O) groups excluding carboxylic acids is 3. The molecule has 0 saturated carbocycles. The zero-order valence-electron chi connectivity index (χ0n) is 14.6. The molecule has 3 rings (SSSR count). The Balaban J connectivity index is 1.49. The Bertz CT molecular complexity index is 647. The Kier molecular flexibility index (Phi) is 5.36. The monoisotopic (exact) mass is 343 g/mol.